The van der Waals surface area contributed by atoms with Crippen LogP contribution >= 0.6 is 0 Å². The highest BCUT2D eigenvalue weighted by molar-refractivity contribution is 5.37. The van der Waals surface area contributed by atoms with E-state index >= 15 is 0 Å². The number of aryl methyl sites for hydroxylation is 1. The zero-order chi connectivity index (χ0) is 14.6. The second kappa shape index (κ2) is 10.5. The third-order valence-corrected chi connectivity index (χ3v) is 3.55. The molecule has 1 aromatic heterocycles. The van der Waals surface area contributed by atoms with Crippen LogP contribution in [0, 0.1) is 0 Å². The second-order valence-electron chi connectivity index (χ2n) is 5.40. The molecule has 4 heteroatoms. The van der Waals surface area contributed by atoms with Crippen molar-refractivity contribution in [1.82, 2.24) is 10.2 Å². The van der Waals surface area contributed by atoms with E-state index in [0.29, 0.717) is 6.47 Å². The number of aromatic nitrogens is 2. The van der Waals surface area contributed by atoms with Crippen molar-refractivity contribution in [1.29, 1.82) is 0 Å². The van der Waals surface area contributed by atoms with Gasteiger partial charge in [0.05, 0.1) is 5.69 Å². The molecule has 0 aliphatic rings. The highest BCUT2D eigenvalue weighted by Gasteiger charge is 2.12. The summed E-state index contributed by atoms with van der Waals surface area (Å²) >= 11 is 0. The number of hydrogen-bond donors (Lipinski definition) is 1. The van der Waals surface area contributed by atoms with Crippen LogP contribution in [0.4, 0.5) is 0 Å². The van der Waals surface area contributed by atoms with Crippen molar-refractivity contribution in [2.75, 3.05) is 0 Å². The summed E-state index contributed by atoms with van der Waals surface area (Å²) in [4.78, 5) is 10.6. The molecule has 0 aromatic carbocycles. The normalized spacial score (nSPS) is 12.3. The van der Waals surface area contributed by atoms with Gasteiger partial charge in [0.2, 0.25) is 0 Å². The molecule has 20 heavy (non-hydrogen) atoms. The van der Waals surface area contributed by atoms with E-state index in [2.05, 4.69) is 30.1 Å². The molecule has 1 heterocycles. The molecule has 1 rings (SSSR count). The molecule has 0 fully saturated rings. The lowest BCUT2D eigenvalue weighted by Gasteiger charge is -2.13. The molecule has 0 radical (unpaired) electrons. The first kappa shape index (κ1) is 16.7. The van der Waals surface area contributed by atoms with Gasteiger partial charge in [-0.05, 0) is 31.7 Å². The third kappa shape index (κ3) is 6.73. The summed E-state index contributed by atoms with van der Waals surface area (Å²) in [7, 11) is 0. The minimum absolute atomic E-state index is 0.0250. The maximum Gasteiger partial charge on any atom is 0.293 e. The Morgan fingerprint density at radius 1 is 1.25 bits per heavy atom. The fourth-order valence-corrected chi connectivity index (χ4v) is 2.36. The first-order chi connectivity index (χ1) is 9.80. The molecule has 0 aliphatic carbocycles. The fraction of sp³-hybridized carbons (Fsp3) is 0.750. The Kier molecular flexibility index (Phi) is 8.76. The van der Waals surface area contributed by atoms with E-state index in [1.54, 1.807) is 0 Å². The molecule has 1 unspecified atom stereocenters. The number of nitrogens with zero attached hydrogens (tertiary/aromatic N) is 1. The molecule has 0 saturated heterocycles. The Labute approximate surface area is 122 Å². The first-order valence-electron chi connectivity index (χ1n) is 7.92. The fourth-order valence-electron chi connectivity index (χ4n) is 2.36. The van der Waals surface area contributed by atoms with Gasteiger partial charge in [0.25, 0.3) is 6.47 Å². The SMILES string of the molecule is CCCCCc1cc(CC(CCCCC)OC=O)[nH]n1. The number of carbonyl (C=O) groups is 1. The Morgan fingerprint density at radius 3 is 2.70 bits per heavy atom. The van der Waals surface area contributed by atoms with E-state index in [-0.39, 0.29) is 6.10 Å². The lowest BCUT2D eigenvalue weighted by Crippen LogP contribution is -2.15. The minimum atomic E-state index is -0.0250. The van der Waals surface area contributed by atoms with Gasteiger partial charge < -0.3 is 4.74 Å². The Balaban J connectivity index is 2.40. The van der Waals surface area contributed by atoms with Gasteiger partial charge in [0.15, 0.2) is 0 Å². The summed E-state index contributed by atoms with van der Waals surface area (Å²) in [6.07, 6.45) is 9.80. The number of ether oxygens (including phenoxy) is 1. The molecule has 0 amide bonds. The molecule has 1 aromatic rings. The van der Waals surface area contributed by atoms with Crippen LogP contribution in [0.15, 0.2) is 6.07 Å². The van der Waals surface area contributed by atoms with Crippen molar-refractivity contribution in [2.24, 2.45) is 0 Å². The predicted octanol–water partition coefficient (Wildman–Crippen LogP) is 3.81. The van der Waals surface area contributed by atoms with Crippen LogP contribution in [-0.2, 0) is 22.4 Å². The lowest BCUT2D eigenvalue weighted by atomic mass is 10.1. The van der Waals surface area contributed by atoms with Crippen molar-refractivity contribution in [3.63, 3.8) is 0 Å². The number of aromatic amines is 1. The number of unbranched alkanes of at least 4 members (excludes halogenated alkanes) is 4. The average molecular weight is 280 g/mol. The van der Waals surface area contributed by atoms with E-state index in [0.717, 1.165) is 37.1 Å². The van der Waals surface area contributed by atoms with Crippen LogP contribution < -0.4 is 0 Å². The van der Waals surface area contributed by atoms with E-state index in [4.69, 9.17) is 4.74 Å². The highest BCUT2D eigenvalue weighted by atomic mass is 16.5. The topological polar surface area (TPSA) is 55.0 Å². The number of nitrogens with one attached hydrogen (secondary N) is 1. The van der Waals surface area contributed by atoms with Gasteiger partial charge in [-0.3, -0.25) is 9.89 Å². The molecular weight excluding hydrogens is 252 g/mol. The Hall–Kier alpha value is -1.32. The first-order valence-corrected chi connectivity index (χ1v) is 7.92. The molecule has 0 bridgehead atoms. The summed E-state index contributed by atoms with van der Waals surface area (Å²) in [5.74, 6) is 0. The summed E-state index contributed by atoms with van der Waals surface area (Å²) in [6, 6.07) is 2.11. The van der Waals surface area contributed by atoms with Crippen molar-refractivity contribution < 1.29 is 9.53 Å². The van der Waals surface area contributed by atoms with E-state index in [1.807, 2.05) is 0 Å². The molecule has 1 atom stereocenters. The van der Waals surface area contributed by atoms with Crippen molar-refractivity contribution in [2.45, 2.75) is 77.7 Å². The van der Waals surface area contributed by atoms with Crippen LogP contribution in [0.25, 0.3) is 0 Å². The molecular formula is C16H28N2O2. The van der Waals surface area contributed by atoms with E-state index in [1.165, 1.54) is 32.1 Å². The van der Waals surface area contributed by atoms with Crippen molar-refractivity contribution >= 4 is 6.47 Å². The van der Waals surface area contributed by atoms with Crippen LogP contribution in [0.5, 0.6) is 0 Å². The van der Waals surface area contributed by atoms with Gasteiger partial charge in [-0.25, -0.2) is 0 Å². The van der Waals surface area contributed by atoms with Crippen LogP contribution in [0.3, 0.4) is 0 Å². The Bertz CT molecular complexity index is 363. The molecule has 4 nitrogen and oxygen atoms in total. The van der Waals surface area contributed by atoms with Gasteiger partial charge >= 0.3 is 0 Å². The Morgan fingerprint density at radius 2 is 2.00 bits per heavy atom. The zero-order valence-corrected chi connectivity index (χ0v) is 12.9. The standard InChI is InChI=1S/C16H28N2O2/c1-3-5-7-9-14-11-15(18-17-14)12-16(20-13-19)10-8-6-4-2/h11,13,16H,3-10,12H2,1-2H3,(H,17,18). The monoisotopic (exact) mass is 280 g/mol. The van der Waals surface area contributed by atoms with Gasteiger partial charge in [0.1, 0.15) is 6.10 Å². The summed E-state index contributed by atoms with van der Waals surface area (Å²) in [6.45, 7) is 4.94. The summed E-state index contributed by atoms with van der Waals surface area (Å²) < 4.78 is 5.17. The average Bonchev–Trinajstić information content (AvgIpc) is 2.87. The summed E-state index contributed by atoms with van der Waals surface area (Å²) in [5.41, 5.74) is 2.19. The van der Waals surface area contributed by atoms with Crippen LogP contribution in [0.1, 0.15) is 70.2 Å². The number of rotatable bonds is 12. The van der Waals surface area contributed by atoms with Gasteiger partial charge in [-0.2, -0.15) is 5.10 Å². The number of H-pyrrole nitrogens is 1. The lowest BCUT2D eigenvalue weighted by molar-refractivity contribution is -0.133. The van der Waals surface area contributed by atoms with Crippen molar-refractivity contribution in [3.8, 4) is 0 Å². The zero-order valence-electron chi connectivity index (χ0n) is 12.9. The summed E-state index contributed by atoms with van der Waals surface area (Å²) in [5, 5.41) is 7.39. The maximum absolute atomic E-state index is 10.6. The van der Waals surface area contributed by atoms with Gasteiger partial charge in [-0.1, -0.05) is 39.5 Å². The smallest absolute Gasteiger partial charge is 0.293 e. The maximum atomic E-state index is 10.6. The highest BCUT2D eigenvalue weighted by Crippen LogP contribution is 2.13. The van der Waals surface area contributed by atoms with Crippen LogP contribution in [-0.4, -0.2) is 22.8 Å². The largest absolute Gasteiger partial charge is 0.464 e. The quantitative estimate of drug-likeness (QED) is 0.468. The van der Waals surface area contributed by atoms with E-state index < -0.39 is 0 Å². The van der Waals surface area contributed by atoms with Gasteiger partial charge in [0, 0.05) is 12.1 Å². The number of hydrogen-bond acceptors (Lipinski definition) is 3. The second-order valence-corrected chi connectivity index (χ2v) is 5.40. The molecule has 0 saturated carbocycles. The number of carbonyl (C=O) groups excluding carboxylic acids is 1. The van der Waals surface area contributed by atoms with Crippen molar-refractivity contribution in [3.05, 3.63) is 17.5 Å². The minimum Gasteiger partial charge on any atom is -0.464 e. The molecule has 0 spiro atoms. The van der Waals surface area contributed by atoms with Crippen LogP contribution in [0.2, 0.25) is 0 Å². The molecule has 0 aliphatic heterocycles. The molecule has 1 N–H and O–H groups in total. The van der Waals surface area contributed by atoms with E-state index in [9.17, 15) is 4.79 Å². The van der Waals surface area contributed by atoms with Gasteiger partial charge in [-0.15, -0.1) is 0 Å². The molecule has 114 valence electrons. The predicted molar refractivity (Wildman–Crippen MR) is 80.6 cm³/mol. The third-order valence-electron chi connectivity index (χ3n) is 3.55.